The van der Waals surface area contributed by atoms with Gasteiger partial charge in [0.25, 0.3) is 0 Å². The Bertz CT molecular complexity index is 271. The third-order valence-electron chi connectivity index (χ3n) is 2.07. The summed E-state index contributed by atoms with van der Waals surface area (Å²) in [4.78, 5) is 0. The van der Waals surface area contributed by atoms with Crippen molar-refractivity contribution in [3.63, 3.8) is 0 Å². The molecule has 0 amide bonds. The first kappa shape index (κ1) is 10.6. The first-order valence-corrected chi connectivity index (χ1v) is 7.20. The van der Waals surface area contributed by atoms with Gasteiger partial charge in [0.2, 0.25) is 0 Å². The van der Waals surface area contributed by atoms with Crippen LogP contribution in [0, 0.1) is 0 Å². The summed E-state index contributed by atoms with van der Waals surface area (Å²) >= 11 is 0.488. The molecule has 0 aliphatic carbocycles. The van der Waals surface area contributed by atoms with E-state index >= 15 is 0 Å². The van der Waals surface area contributed by atoms with Crippen LogP contribution in [0.3, 0.4) is 0 Å². The summed E-state index contributed by atoms with van der Waals surface area (Å²) < 4.78 is 1.35. The van der Waals surface area contributed by atoms with E-state index in [0.29, 0.717) is 20.7 Å². The van der Waals surface area contributed by atoms with Crippen LogP contribution >= 0.6 is 0 Å². The molecule has 2 heteroatoms. The van der Waals surface area contributed by atoms with E-state index in [-0.39, 0.29) is 0 Å². The summed E-state index contributed by atoms with van der Waals surface area (Å²) in [6.45, 7) is 2.21. The first-order valence-electron chi connectivity index (χ1n) is 4.63. The molecule has 0 fully saturated rings. The zero-order valence-electron chi connectivity index (χ0n) is 8.21. The number of unbranched alkanes of at least 4 members (excludes halogenated alkanes) is 1. The molecule has 0 saturated heterocycles. The number of benzene rings is 1. The van der Waals surface area contributed by atoms with Crippen molar-refractivity contribution >= 4 is 19.4 Å². The molecule has 0 atom stereocenters. The molecule has 0 bridgehead atoms. The summed E-state index contributed by atoms with van der Waals surface area (Å²) in [5.74, 6) is 2.59. The molecule has 0 aliphatic rings. The van der Waals surface area contributed by atoms with Crippen molar-refractivity contribution in [1.29, 1.82) is 0 Å². The van der Waals surface area contributed by atoms with E-state index in [9.17, 15) is 5.11 Å². The Morgan fingerprint density at radius 2 is 2.15 bits per heavy atom. The fourth-order valence-corrected chi connectivity index (χ4v) is 2.71. The van der Waals surface area contributed by atoms with Gasteiger partial charge < -0.3 is 0 Å². The van der Waals surface area contributed by atoms with Crippen molar-refractivity contribution in [3.05, 3.63) is 23.8 Å². The summed E-state index contributed by atoms with van der Waals surface area (Å²) in [7, 11) is 0. The van der Waals surface area contributed by atoms with Crippen LogP contribution < -0.4 is 4.46 Å². The minimum atomic E-state index is 0.402. The van der Waals surface area contributed by atoms with Gasteiger partial charge in [0, 0.05) is 0 Å². The Labute approximate surface area is 86.3 Å². The van der Waals surface area contributed by atoms with Crippen LogP contribution in [-0.4, -0.2) is 20.1 Å². The molecule has 1 aromatic rings. The van der Waals surface area contributed by atoms with Crippen LogP contribution in [0.25, 0.3) is 0 Å². The third kappa shape index (κ3) is 3.06. The Balaban J connectivity index is 2.79. The zero-order valence-corrected chi connectivity index (χ0v) is 9.92. The molecule has 0 heterocycles. The fourth-order valence-electron chi connectivity index (χ4n) is 1.31. The predicted octanol–water partition coefficient (Wildman–Crippen LogP) is 2.11. The van der Waals surface area contributed by atoms with E-state index < -0.39 is 0 Å². The maximum absolute atomic E-state index is 9.30. The number of rotatable bonds is 4. The fraction of sp³-hybridized carbons (Fsp3) is 0.455. The first-order chi connectivity index (χ1) is 6.27. The number of phenols is 1. The van der Waals surface area contributed by atoms with Gasteiger partial charge in [-0.25, -0.2) is 0 Å². The van der Waals surface area contributed by atoms with Gasteiger partial charge in [0.05, 0.1) is 0 Å². The van der Waals surface area contributed by atoms with Crippen LogP contribution in [0.2, 0.25) is 5.82 Å². The summed E-state index contributed by atoms with van der Waals surface area (Å²) in [6, 6.07) is 5.76. The van der Waals surface area contributed by atoms with Crippen molar-refractivity contribution < 1.29 is 5.11 Å². The van der Waals surface area contributed by atoms with Gasteiger partial charge in [-0.3, -0.25) is 0 Å². The van der Waals surface area contributed by atoms with Gasteiger partial charge in [-0.15, -0.1) is 0 Å². The second-order valence-electron chi connectivity index (χ2n) is 3.10. The van der Waals surface area contributed by atoms with Gasteiger partial charge in [0.1, 0.15) is 0 Å². The number of aryl methyl sites for hydroxylation is 1. The van der Waals surface area contributed by atoms with Gasteiger partial charge in [0.15, 0.2) is 0 Å². The predicted molar refractivity (Wildman–Crippen MR) is 58.0 cm³/mol. The second-order valence-corrected chi connectivity index (χ2v) is 4.88. The Morgan fingerprint density at radius 1 is 1.38 bits per heavy atom. The maximum atomic E-state index is 9.30. The van der Waals surface area contributed by atoms with Crippen molar-refractivity contribution in [2.75, 3.05) is 0 Å². The molecule has 0 aliphatic heterocycles. The molecule has 0 saturated carbocycles. The van der Waals surface area contributed by atoms with Crippen LogP contribution in [0.4, 0.5) is 0 Å². The molecule has 1 nitrogen and oxygen atoms in total. The number of phenolic OH excluding ortho intramolecular Hbond substituents is 1. The van der Waals surface area contributed by atoms with Crippen molar-refractivity contribution in [2.24, 2.45) is 0 Å². The van der Waals surface area contributed by atoms with Crippen LogP contribution in [0.15, 0.2) is 18.2 Å². The molecule has 0 spiro atoms. The van der Waals surface area contributed by atoms with E-state index in [1.807, 2.05) is 6.07 Å². The number of hydrogen-bond acceptors (Lipinski definition) is 1. The number of hydrogen-bond donors (Lipinski definition) is 1. The van der Waals surface area contributed by atoms with Crippen molar-refractivity contribution in [2.45, 2.75) is 32.0 Å². The molecular weight excluding hydrogens is 227 g/mol. The van der Waals surface area contributed by atoms with Crippen molar-refractivity contribution in [3.8, 4) is 5.75 Å². The molecule has 0 unspecified atom stereocenters. The Hall–Kier alpha value is -0.461. The molecule has 0 radical (unpaired) electrons. The molecule has 1 rings (SSSR count). The molecule has 1 N–H and O–H groups in total. The van der Waals surface area contributed by atoms with Crippen molar-refractivity contribution in [1.82, 2.24) is 0 Å². The van der Waals surface area contributed by atoms with Crippen LogP contribution in [-0.2, 0) is 6.42 Å². The standard InChI is InChI=1S/C11H16OSe/c1-3-4-5-9-6-7-10(12)8-11(9)13-2/h6-8,12H,3-5H2,1-2H3. The minimum absolute atomic E-state index is 0.402. The molecule has 13 heavy (non-hydrogen) atoms. The average molecular weight is 243 g/mol. The quantitative estimate of drug-likeness (QED) is 0.803. The normalized spacial score (nSPS) is 10.3. The van der Waals surface area contributed by atoms with E-state index in [1.54, 1.807) is 6.07 Å². The Kier molecular flexibility index (Phi) is 4.34. The third-order valence-corrected chi connectivity index (χ3v) is 3.79. The zero-order chi connectivity index (χ0) is 9.68. The van der Waals surface area contributed by atoms with E-state index in [1.165, 1.54) is 22.9 Å². The summed E-state index contributed by atoms with van der Waals surface area (Å²) in [6.07, 6.45) is 3.63. The molecule has 72 valence electrons. The molecule has 0 aromatic heterocycles. The summed E-state index contributed by atoms with van der Waals surface area (Å²) in [5, 5.41) is 9.30. The Morgan fingerprint density at radius 3 is 2.77 bits per heavy atom. The van der Waals surface area contributed by atoms with E-state index in [0.717, 1.165) is 6.42 Å². The second kappa shape index (κ2) is 5.31. The van der Waals surface area contributed by atoms with Crippen LogP contribution in [0.1, 0.15) is 25.3 Å². The summed E-state index contributed by atoms with van der Waals surface area (Å²) in [5.41, 5.74) is 1.42. The van der Waals surface area contributed by atoms with Crippen LogP contribution in [0.5, 0.6) is 5.75 Å². The van der Waals surface area contributed by atoms with Gasteiger partial charge in [-0.1, -0.05) is 0 Å². The molecule has 1 aromatic carbocycles. The topological polar surface area (TPSA) is 20.2 Å². The molecular formula is C11H16OSe. The van der Waals surface area contributed by atoms with Gasteiger partial charge in [-0.2, -0.15) is 0 Å². The van der Waals surface area contributed by atoms with Gasteiger partial charge >= 0.3 is 86.0 Å². The average Bonchev–Trinajstić information content (AvgIpc) is 2.16. The monoisotopic (exact) mass is 244 g/mol. The van der Waals surface area contributed by atoms with E-state index in [4.69, 9.17) is 0 Å². The SMILES string of the molecule is CCCCc1ccc(O)cc1[Se]C. The number of aromatic hydroxyl groups is 1. The van der Waals surface area contributed by atoms with E-state index in [2.05, 4.69) is 18.8 Å². The van der Waals surface area contributed by atoms with Gasteiger partial charge in [-0.05, 0) is 0 Å².